The highest BCUT2D eigenvalue weighted by molar-refractivity contribution is 9.10. The molecule has 1 aliphatic rings. The van der Waals surface area contributed by atoms with Crippen LogP contribution in [0.2, 0.25) is 0 Å². The van der Waals surface area contributed by atoms with Gasteiger partial charge in [-0.15, -0.1) is 0 Å². The van der Waals surface area contributed by atoms with Crippen molar-refractivity contribution in [1.82, 2.24) is 0 Å². The van der Waals surface area contributed by atoms with Gasteiger partial charge in [0.1, 0.15) is 6.04 Å². The average Bonchev–Trinajstić information content (AvgIpc) is 2.38. The molecule has 0 radical (unpaired) electrons. The van der Waals surface area contributed by atoms with Crippen molar-refractivity contribution in [1.29, 1.82) is 0 Å². The molecule has 2 rings (SSSR count). The summed E-state index contributed by atoms with van der Waals surface area (Å²) in [6, 6.07) is 7.07. The zero-order valence-electron chi connectivity index (χ0n) is 9.97. The van der Waals surface area contributed by atoms with E-state index in [0.717, 1.165) is 29.4 Å². The Hall–Kier alpha value is -1.29. The van der Waals surface area contributed by atoms with Gasteiger partial charge in [0, 0.05) is 10.2 Å². The van der Waals surface area contributed by atoms with Crippen LogP contribution in [0.1, 0.15) is 19.3 Å². The lowest BCUT2D eigenvalue weighted by Crippen LogP contribution is -2.37. The molecule has 0 aromatic heterocycles. The summed E-state index contributed by atoms with van der Waals surface area (Å²) in [5.41, 5.74) is 0.833. The molecule has 96 valence electrons. The van der Waals surface area contributed by atoms with Crippen LogP contribution < -0.4 is 5.32 Å². The molecule has 0 aliphatic heterocycles. The molecule has 0 bridgehead atoms. The highest BCUT2D eigenvalue weighted by Crippen LogP contribution is 2.27. The number of benzene rings is 1. The van der Waals surface area contributed by atoms with Crippen LogP contribution >= 0.6 is 15.9 Å². The molecule has 0 saturated heterocycles. The first-order valence-corrected chi connectivity index (χ1v) is 6.86. The second-order valence-electron chi connectivity index (χ2n) is 4.48. The van der Waals surface area contributed by atoms with Gasteiger partial charge < -0.3 is 10.4 Å². The molecule has 2 atom stereocenters. The minimum absolute atomic E-state index is 0.152. The van der Waals surface area contributed by atoms with Crippen molar-refractivity contribution >= 4 is 27.6 Å². The number of carboxylic acids is 1. The molecule has 4 heteroatoms. The Morgan fingerprint density at radius 2 is 2.17 bits per heavy atom. The largest absolute Gasteiger partial charge is 0.480 e. The first-order chi connectivity index (χ1) is 8.68. The van der Waals surface area contributed by atoms with E-state index < -0.39 is 12.0 Å². The van der Waals surface area contributed by atoms with Crippen molar-refractivity contribution in [2.45, 2.75) is 25.3 Å². The number of allylic oxidation sites excluding steroid dienone is 2. The van der Waals surface area contributed by atoms with Crippen LogP contribution in [0.4, 0.5) is 5.69 Å². The highest BCUT2D eigenvalue weighted by Gasteiger charge is 2.28. The van der Waals surface area contributed by atoms with E-state index in [1.165, 1.54) is 0 Å². The number of aliphatic carboxylic acids is 1. The third-order valence-electron chi connectivity index (χ3n) is 3.23. The number of hydrogen-bond acceptors (Lipinski definition) is 2. The summed E-state index contributed by atoms with van der Waals surface area (Å²) < 4.78 is 0.891. The van der Waals surface area contributed by atoms with Gasteiger partial charge in [0.05, 0.1) is 0 Å². The number of nitrogens with one attached hydrogen (secondary N) is 1. The van der Waals surface area contributed by atoms with Gasteiger partial charge in [0.15, 0.2) is 0 Å². The Bertz CT molecular complexity index is 459. The van der Waals surface area contributed by atoms with E-state index in [0.29, 0.717) is 0 Å². The Balaban J connectivity index is 2.14. The third-order valence-corrected chi connectivity index (χ3v) is 3.92. The standard InChI is InChI=1S/C14H16BrNO2/c15-11-8-4-5-9-12(11)16-13(14(17)18)10-6-2-1-3-7-10/h1-2,4-5,8-10,13,16H,3,6-7H2,(H,17,18). The average molecular weight is 310 g/mol. The van der Waals surface area contributed by atoms with Gasteiger partial charge in [0.25, 0.3) is 0 Å². The quantitative estimate of drug-likeness (QED) is 0.834. The molecule has 0 amide bonds. The summed E-state index contributed by atoms with van der Waals surface area (Å²) >= 11 is 3.43. The van der Waals surface area contributed by atoms with E-state index in [-0.39, 0.29) is 5.92 Å². The molecule has 0 spiro atoms. The summed E-state index contributed by atoms with van der Waals surface area (Å²) in [6.45, 7) is 0. The second-order valence-corrected chi connectivity index (χ2v) is 5.34. The third kappa shape index (κ3) is 3.13. The van der Waals surface area contributed by atoms with Gasteiger partial charge in [0.2, 0.25) is 0 Å². The number of anilines is 1. The van der Waals surface area contributed by atoms with Crippen molar-refractivity contribution < 1.29 is 9.90 Å². The molecule has 1 aliphatic carbocycles. The van der Waals surface area contributed by atoms with Crippen LogP contribution in [0.3, 0.4) is 0 Å². The maximum Gasteiger partial charge on any atom is 0.326 e. The Kier molecular flexibility index (Phi) is 4.42. The van der Waals surface area contributed by atoms with Gasteiger partial charge in [-0.25, -0.2) is 4.79 Å². The lowest BCUT2D eigenvalue weighted by molar-refractivity contribution is -0.139. The van der Waals surface area contributed by atoms with E-state index in [1.807, 2.05) is 24.3 Å². The number of para-hydroxylation sites is 1. The maximum absolute atomic E-state index is 11.4. The lowest BCUT2D eigenvalue weighted by atomic mass is 9.87. The molecule has 0 heterocycles. The van der Waals surface area contributed by atoms with Crippen molar-refractivity contribution in [2.75, 3.05) is 5.32 Å². The monoisotopic (exact) mass is 309 g/mol. The molecule has 0 saturated carbocycles. The number of halogens is 1. The molecule has 1 aromatic rings. The van der Waals surface area contributed by atoms with E-state index in [2.05, 4.69) is 33.4 Å². The molecule has 18 heavy (non-hydrogen) atoms. The predicted octanol–water partition coefficient (Wildman–Crippen LogP) is 3.67. The predicted molar refractivity (Wildman–Crippen MR) is 75.7 cm³/mol. The van der Waals surface area contributed by atoms with Gasteiger partial charge in [-0.1, -0.05) is 24.3 Å². The van der Waals surface area contributed by atoms with E-state index in [1.54, 1.807) is 0 Å². The summed E-state index contributed by atoms with van der Waals surface area (Å²) in [6.07, 6.45) is 6.91. The fourth-order valence-corrected chi connectivity index (χ4v) is 2.65. The van der Waals surface area contributed by atoms with Crippen molar-refractivity contribution in [2.24, 2.45) is 5.92 Å². The van der Waals surface area contributed by atoms with Crippen LogP contribution in [0.5, 0.6) is 0 Å². The number of hydrogen-bond donors (Lipinski definition) is 2. The fraction of sp³-hybridized carbons (Fsp3) is 0.357. The summed E-state index contributed by atoms with van der Waals surface area (Å²) in [5, 5.41) is 12.5. The summed E-state index contributed by atoms with van der Waals surface area (Å²) in [5.74, 6) is -0.634. The Labute approximate surface area is 115 Å². The number of carboxylic acid groups (broad SMARTS) is 1. The topological polar surface area (TPSA) is 49.3 Å². The summed E-state index contributed by atoms with van der Waals surface area (Å²) in [4.78, 5) is 11.4. The smallest absolute Gasteiger partial charge is 0.326 e. The molecular formula is C14H16BrNO2. The Morgan fingerprint density at radius 1 is 1.39 bits per heavy atom. The fourth-order valence-electron chi connectivity index (χ4n) is 2.25. The molecule has 3 nitrogen and oxygen atoms in total. The second kappa shape index (κ2) is 6.05. The van der Waals surface area contributed by atoms with Crippen LogP contribution in [-0.4, -0.2) is 17.1 Å². The normalized spacial score (nSPS) is 20.4. The van der Waals surface area contributed by atoms with Crippen LogP contribution in [-0.2, 0) is 4.79 Å². The van der Waals surface area contributed by atoms with E-state index in [9.17, 15) is 9.90 Å². The molecule has 0 fully saturated rings. The van der Waals surface area contributed by atoms with Gasteiger partial charge in [-0.2, -0.15) is 0 Å². The molecule has 2 N–H and O–H groups in total. The highest BCUT2D eigenvalue weighted by atomic mass is 79.9. The van der Waals surface area contributed by atoms with Gasteiger partial charge in [-0.3, -0.25) is 0 Å². The lowest BCUT2D eigenvalue weighted by Gasteiger charge is -2.26. The molecular weight excluding hydrogens is 294 g/mol. The molecule has 2 unspecified atom stereocenters. The van der Waals surface area contributed by atoms with E-state index in [4.69, 9.17) is 0 Å². The minimum atomic E-state index is -0.786. The van der Waals surface area contributed by atoms with Crippen LogP contribution in [0.15, 0.2) is 40.9 Å². The first-order valence-electron chi connectivity index (χ1n) is 6.07. The van der Waals surface area contributed by atoms with Crippen molar-refractivity contribution in [3.63, 3.8) is 0 Å². The van der Waals surface area contributed by atoms with Crippen LogP contribution in [0, 0.1) is 5.92 Å². The maximum atomic E-state index is 11.4. The van der Waals surface area contributed by atoms with Crippen molar-refractivity contribution in [3.05, 3.63) is 40.9 Å². The Morgan fingerprint density at radius 3 is 2.78 bits per heavy atom. The minimum Gasteiger partial charge on any atom is -0.480 e. The SMILES string of the molecule is O=C(O)C(Nc1ccccc1Br)C1CC=CCC1. The van der Waals surface area contributed by atoms with Crippen LogP contribution in [0.25, 0.3) is 0 Å². The number of carbonyl (C=O) groups is 1. The van der Waals surface area contributed by atoms with Gasteiger partial charge in [-0.05, 0) is 53.2 Å². The van der Waals surface area contributed by atoms with Gasteiger partial charge >= 0.3 is 5.97 Å². The van der Waals surface area contributed by atoms with Crippen molar-refractivity contribution in [3.8, 4) is 0 Å². The number of rotatable bonds is 4. The first kappa shape index (κ1) is 13.1. The zero-order chi connectivity index (χ0) is 13.0. The van der Waals surface area contributed by atoms with E-state index >= 15 is 0 Å². The summed E-state index contributed by atoms with van der Waals surface area (Å²) in [7, 11) is 0. The molecule has 1 aromatic carbocycles. The zero-order valence-corrected chi connectivity index (χ0v) is 11.6.